The van der Waals surface area contributed by atoms with Crippen LogP contribution in [0.4, 0.5) is 0 Å². The van der Waals surface area contributed by atoms with E-state index in [9.17, 15) is 0 Å². The number of aromatic nitrogens is 1. The highest BCUT2D eigenvalue weighted by atomic mass is 35.5. The zero-order chi connectivity index (χ0) is 18.5. The van der Waals surface area contributed by atoms with Gasteiger partial charge >= 0.3 is 0 Å². The van der Waals surface area contributed by atoms with E-state index in [2.05, 4.69) is 96.0 Å². The number of halogens is 1. The molecule has 0 unspecified atom stereocenters. The molecular weight excluding hydrogens is 369 g/mol. The summed E-state index contributed by atoms with van der Waals surface area (Å²) < 4.78 is 0. The Bertz CT molecular complexity index is 907. The van der Waals surface area contributed by atoms with Crippen LogP contribution in [0.2, 0.25) is 5.02 Å². The van der Waals surface area contributed by atoms with Crippen LogP contribution in [0.3, 0.4) is 0 Å². The van der Waals surface area contributed by atoms with Crippen molar-refractivity contribution in [3.05, 3.63) is 120 Å². The van der Waals surface area contributed by atoms with Crippen LogP contribution < -0.4 is 15.9 Å². The van der Waals surface area contributed by atoms with E-state index < -0.39 is 7.26 Å². The van der Waals surface area contributed by atoms with Crippen LogP contribution in [0, 0.1) is 0 Å². The predicted octanol–water partition coefficient (Wildman–Crippen LogP) is 5.23. The summed E-state index contributed by atoms with van der Waals surface area (Å²) in [6, 6.07) is 34.3. The summed E-state index contributed by atoms with van der Waals surface area (Å²) in [5.74, 6) is 0. The molecule has 0 aliphatic carbocycles. The Balaban J connectivity index is 2.02. The highest BCUT2D eigenvalue weighted by Crippen LogP contribution is 2.58. The molecule has 1 heterocycles. The van der Waals surface area contributed by atoms with Crippen LogP contribution in [0.25, 0.3) is 0 Å². The predicted molar refractivity (Wildman–Crippen MR) is 118 cm³/mol. The average molecular weight is 389 g/mol. The molecular formula is C24H20ClNP+. The molecule has 1 aromatic heterocycles. The summed E-state index contributed by atoms with van der Waals surface area (Å²) in [7, 11) is -1.93. The molecule has 0 saturated carbocycles. The number of rotatable bonds is 5. The zero-order valence-electron chi connectivity index (χ0n) is 14.9. The molecule has 0 radical (unpaired) electrons. The Morgan fingerprint density at radius 2 is 1.07 bits per heavy atom. The number of hydrogen-bond acceptors (Lipinski definition) is 1. The Hall–Kier alpha value is -2.47. The van der Waals surface area contributed by atoms with E-state index in [1.165, 1.54) is 15.9 Å². The zero-order valence-corrected chi connectivity index (χ0v) is 16.5. The van der Waals surface area contributed by atoms with E-state index in [-0.39, 0.29) is 0 Å². The minimum absolute atomic E-state index is 0.775. The Morgan fingerprint density at radius 3 is 1.48 bits per heavy atom. The summed E-state index contributed by atoms with van der Waals surface area (Å²) in [6.07, 6.45) is 4.50. The smallest absolute Gasteiger partial charge is 0.116 e. The average Bonchev–Trinajstić information content (AvgIpc) is 2.75. The van der Waals surface area contributed by atoms with Crippen molar-refractivity contribution >= 4 is 34.8 Å². The molecule has 132 valence electrons. The minimum Gasteiger partial charge on any atom is -0.264 e. The van der Waals surface area contributed by atoms with Crippen molar-refractivity contribution in [3.63, 3.8) is 0 Å². The van der Waals surface area contributed by atoms with Crippen molar-refractivity contribution in [1.29, 1.82) is 0 Å². The van der Waals surface area contributed by atoms with Gasteiger partial charge in [-0.15, -0.1) is 0 Å². The first-order chi connectivity index (χ1) is 13.3. The van der Waals surface area contributed by atoms with Crippen LogP contribution in [0.5, 0.6) is 0 Å². The summed E-state index contributed by atoms with van der Waals surface area (Å²) in [6.45, 7) is 0. The molecule has 0 atom stereocenters. The standard InChI is InChI=1S/C24H20ClNP/c25-24-16-17-26-18-20(24)19-27(21-10-4-1-5-11-21,22-12-6-2-7-13-22)23-14-8-3-9-15-23/h1-18H,19H2/q+1. The molecule has 0 bridgehead atoms. The van der Waals surface area contributed by atoms with Gasteiger partial charge in [-0.25, -0.2) is 0 Å². The van der Waals surface area contributed by atoms with E-state index in [1.54, 1.807) is 6.20 Å². The topological polar surface area (TPSA) is 12.9 Å². The van der Waals surface area contributed by atoms with Crippen LogP contribution in [-0.2, 0) is 6.16 Å². The molecule has 0 saturated heterocycles. The quantitative estimate of drug-likeness (QED) is 0.427. The van der Waals surface area contributed by atoms with Gasteiger partial charge in [0.2, 0.25) is 0 Å². The van der Waals surface area contributed by atoms with Gasteiger partial charge in [0.15, 0.2) is 0 Å². The molecule has 0 aliphatic heterocycles. The van der Waals surface area contributed by atoms with Crippen molar-refractivity contribution in [2.24, 2.45) is 0 Å². The fourth-order valence-corrected chi connectivity index (χ4v) is 8.06. The van der Waals surface area contributed by atoms with E-state index in [1.807, 2.05) is 12.3 Å². The SMILES string of the molecule is Clc1ccncc1C[P+](c1ccccc1)(c1ccccc1)c1ccccc1. The largest absolute Gasteiger partial charge is 0.264 e. The second kappa shape index (κ2) is 8.05. The van der Waals surface area contributed by atoms with Gasteiger partial charge in [-0.05, 0) is 42.5 Å². The van der Waals surface area contributed by atoms with Crippen molar-refractivity contribution < 1.29 is 0 Å². The van der Waals surface area contributed by atoms with Gasteiger partial charge < -0.3 is 0 Å². The minimum atomic E-state index is -1.93. The maximum Gasteiger partial charge on any atom is 0.116 e. The van der Waals surface area contributed by atoms with E-state index in [0.29, 0.717) is 0 Å². The van der Waals surface area contributed by atoms with Gasteiger partial charge in [0, 0.05) is 18.0 Å². The van der Waals surface area contributed by atoms with Gasteiger partial charge in [0.05, 0.1) is 5.02 Å². The number of hydrogen-bond donors (Lipinski definition) is 0. The summed E-state index contributed by atoms with van der Waals surface area (Å²) in [5, 5.41) is 4.82. The van der Waals surface area contributed by atoms with Gasteiger partial charge in [0.1, 0.15) is 29.3 Å². The second-order valence-corrected chi connectivity index (χ2v) is 10.3. The van der Waals surface area contributed by atoms with Crippen molar-refractivity contribution in [2.45, 2.75) is 6.16 Å². The first-order valence-corrected chi connectivity index (χ1v) is 11.3. The van der Waals surface area contributed by atoms with Crippen LogP contribution in [-0.4, -0.2) is 4.98 Å². The van der Waals surface area contributed by atoms with Crippen molar-refractivity contribution in [3.8, 4) is 0 Å². The van der Waals surface area contributed by atoms with E-state index in [0.717, 1.165) is 16.7 Å². The Morgan fingerprint density at radius 1 is 0.630 bits per heavy atom. The van der Waals surface area contributed by atoms with E-state index in [4.69, 9.17) is 11.6 Å². The Labute approximate surface area is 166 Å². The van der Waals surface area contributed by atoms with Gasteiger partial charge in [0.25, 0.3) is 0 Å². The third kappa shape index (κ3) is 3.54. The normalized spacial score (nSPS) is 11.3. The first kappa shape index (κ1) is 17.9. The third-order valence-electron chi connectivity index (χ3n) is 4.84. The highest BCUT2D eigenvalue weighted by molar-refractivity contribution is 7.95. The summed E-state index contributed by atoms with van der Waals surface area (Å²) in [4.78, 5) is 4.34. The van der Waals surface area contributed by atoms with Crippen molar-refractivity contribution in [2.75, 3.05) is 0 Å². The molecule has 1 nitrogen and oxygen atoms in total. The van der Waals surface area contributed by atoms with Crippen LogP contribution in [0.15, 0.2) is 109 Å². The molecule has 0 aliphatic rings. The maximum atomic E-state index is 6.57. The molecule has 0 N–H and O–H groups in total. The molecule has 0 fully saturated rings. The van der Waals surface area contributed by atoms with Gasteiger partial charge in [-0.3, -0.25) is 4.98 Å². The first-order valence-electron chi connectivity index (χ1n) is 8.94. The molecule has 4 aromatic rings. The highest BCUT2D eigenvalue weighted by Gasteiger charge is 2.45. The summed E-state index contributed by atoms with van der Waals surface area (Å²) in [5.41, 5.74) is 1.09. The number of nitrogens with zero attached hydrogens (tertiary/aromatic N) is 1. The van der Waals surface area contributed by atoms with Crippen molar-refractivity contribution in [1.82, 2.24) is 4.98 Å². The van der Waals surface area contributed by atoms with Crippen LogP contribution in [0.1, 0.15) is 5.56 Å². The molecule has 27 heavy (non-hydrogen) atoms. The van der Waals surface area contributed by atoms with E-state index >= 15 is 0 Å². The fraction of sp³-hybridized carbons (Fsp3) is 0.0417. The third-order valence-corrected chi connectivity index (χ3v) is 9.57. The van der Waals surface area contributed by atoms with Crippen LogP contribution >= 0.6 is 18.9 Å². The fourth-order valence-electron chi connectivity index (χ4n) is 3.55. The lowest BCUT2D eigenvalue weighted by Gasteiger charge is -2.28. The second-order valence-electron chi connectivity index (χ2n) is 6.44. The Kier molecular flexibility index (Phi) is 5.34. The number of benzene rings is 3. The molecule has 3 aromatic carbocycles. The molecule has 3 heteroatoms. The molecule has 0 spiro atoms. The van der Waals surface area contributed by atoms with Gasteiger partial charge in [-0.1, -0.05) is 66.2 Å². The summed E-state index contributed by atoms with van der Waals surface area (Å²) >= 11 is 6.57. The molecule has 4 rings (SSSR count). The lowest BCUT2D eigenvalue weighted by Crippen LogP contribution is -2.32. The monoisotopic (exact) mass is 388 g/mol. The lowest BCUT2D eigenvalue weighted by atomic mass is 10.3. The molecule has 0 amide bonds. The number of pyridine rings is 1. The maximum absolute atomic E-state index is 6.57. The van der Waals surface area contributed by atoms with Gasteiger partial charge in [-0.2, -0.15) is 0 Å². The lowest BCUT2D eigenvalue weighted by molar-refractivity contribution is 1.24.